The predicted molar refractivity (Wildman–Crippen MR) is 94.3 cm³/mol. The average molecular weight is 340 g/mol. The molecule has 1 aromatic rings. The van der Waals surface area contributed by atoms with E-state index in [1.54, 1.807) is 24.5 Å². The number of pyridine rings is 1. The molecule has 0 aliphatic carbocycles. The molecule has 0 atom stereocenters. The Morgan fingerprint density at radius 1 is 1.20 bits per heavy atom. The molecule has 7 nitrogen and oxygen atoms in total. The van der Waals surface area contributed by atoms with E-state index in [0.717, 1.165) is 6.54 Å². The number of hydrogen-bond acceptors (Lipinski definition) is 5. The number of para-hydroxylation sites is 1. The van der Waals surface area contributed by atoms with Gasteiger partial charge < -0.3 is 14.2 Å². The summed E-state index contributed by atoms with van der Waals surface area (Å²) in [6.07, 6.45) is 3.42. The molecule has 0 unspecified atom stereocenters. The molecule has 2 heterocycles. The van der Waals surface area contributed by atoms with Crippen LogP contribution < -0.4 is 5.56 Å². The van der Waals surface area contributed by atoms with Gasteiger partial charge in [0.1, 0.15) is 11.3 Å². The van der Waals surface area contributed by atoms with Crippen LogP contribution in [0.15, 0.2) is 47.5 Å². The monoisotopic (exact) mass is 340 g/mol. The van der Waals surface area contributed by atoms with E-state index in [2.05, 4.69) is 5.10 Å². The lowest BCUT2D eigenvalue weighted by molar-refractivity contribution is 0.0600. The van der Waals surface area contributed by atoms with Crippen molar-refractivity contribution in [2.24, 2.45) is 0 Å². The van der Waals surface area contributed by atoms with Crippen LogP contribution in [0, 0.1) is 0 Å². The Labute approximate surface area is 145 Å². The number of esters is 1. The van der Waals surface area contributed by atoms with Crippen molar-refractivity contribution < 1.29 is 9.53 Å². The first-order chi connectivity index (χ1) is 12.0. The maximum absolute atomic E-state index is 12.8. The standard InChI is InChI=1S/C18H20N4O3/c1-20(2)9-10-21-11-14-16(15(12-21)18(24)25-3)19-22(17(14)23)13-7-5-4-6-8-13/h4-8,11-12H,9-10H2,1-3H3. The van der Waals surface area contributed by atoms with Gasteiger partial charge in [0.05, 0.1) is 18.4 Å². The topological polar surface area (TPSA) is 69.4 Å². The first-order valence-electron chi connectivity index (χ1n) is 7.92. The van der Waals surface area contributed by atoms with Crippen LogP contribution in [-0.4, -0.2) is 53.0 Å². The van der Waals surface area contributed by atoms with Crippen LogP contribution in [0.1, 0.15) is 10.4 Å². The Kier molecular flexibility index (Phi) is 4.67. The molecule has 3 rings (SSSR count). The van der Waals surface area contributed by atoms with Crippen LogP contribution in [0.4, 0.5) is 0 Å². The molecule has 2 aliphatic heterocycles. The van der Waals surface area contributed by atoms with Crippen molar-refractivity contribution in [1.29, 1.82) is 0 Å². The number of rotatable bonds is 5. The van der Waals surface area contributed by atoms with Gasteiger partial charge in [0.25, 0.3) is 5.56 Å². The summed E-state index contributed by atoms with van der Waals surface area (Å²) in [5.41, 5.74) is 1.42. The lowest BCUT2D eigenvalue weighted by Gasteiger charge is -2.14. The second-order valence-corrected chi connectivity index (χ2v) is 6.02. The van der Waals surface area contributed by atoms with Crippen molar-refractivity contribution in [3.05, 3.63) is 58.6 Å². The number of ether oxygens (including phenoxy) is 1. The van der Waals surface area contributed by atoms with Crippen molar-refractivity contribution >= 4 is 5.97 Å². The third-order valence-electron chi connectivity index (χ3n) is 3.93. The fourth-order valence-electron chi connectivity index (χ4n) is 2.61. The van der Waals surface area contributed by atoms with E-state index >= 15 is 0 Å². The second-order valence-electron chi connectivity index (χ2n) is 6.02. The molecule has 7 heteroatoms. The van der Waals surface area contributed by atoms with E-state index in [1.165, 1.54) is 11.8 Å². The Bertz CT molecular complexity index is 912. The normalized spacial score (nSPS) is 11.2. The molecule has 0 saturated heterocycles. The van der Waals surface area contributed by atoms with Gasteiger partial charge >= 0.3 is 5.97 Å². The van der Waals surface area contributed by atoms with Crippen LogP contribution in [0.5, 0.6) is 0 Å². The zero-order valence-corrected chi connectivity index (χ0v) is 14.5. The first-order valence-corrected chi connectivity index (χ1v) is 7.92. The van der Waals surface area contributed by atoms with Gasteiger partial charge in [-0.3, -0.25) is 4.79 Å². The number of carbonyl (C=O) groups is 1. The fraction of sp³-hybridized carbons (Fsp3) is 0.278. The Balaban J connectivity index is 2.18. The minimum absolute atomic E-state index is 0.259. The van der Waals surface area contributed by atoms with Crippen LogP contribution in [-0.2, 0) is 11.3 Å². The van der Waals surface area contributed by atoms with E-state index in [9.17, 15) is 9.59 Å². The molecular weight excluding hydrogens is 320 g/mol. The van der Waals surface area contributed by atoms with Crippen LogP contribution in [0.25, 0.3) is 16.9 Å². The summed E-state index contributed by atoms with van der Waals surface area (Å²) >= 11 is 0. The number of benzene rings is 1. The van der Waals surface area contributed by atoms with Crippen molar-refractivity contribution in [3.63, 3.8) is 0 Å². The van der Waals surface area contributed by atoms with E-state index in [1.807, 2.05) is 41.8 Å². The van der Waals surface area contributed by atoms with Crippen molar-refractivity contribution in [1.82, 2.24) is 19.2 Å². The van der Waals surface area contributed by atoms with Crippen LogP contribution in [0.3, 0.4) is 0 Å². The van der Waals surface area contributed by atoms with Crippen molar-refractivity contribution in [2.75, 3.05) is 27.7 Å². The number of aromatic nitrogens is 3. The van der Waals surface area contributed by atoms with Gasteiger partial charge in [0.15, 0.2) is 0 Å². The summed E-state index contributed by atoms with van der Waals surface area (Å²) in [5, 5.41) is 4.37. The van der Waals surface area contributed by atoms with Gasteiger partial charge in [-0.15, -0.1) is 0 Å². The highest BCUT2D eigenvalue weighted by atomic mass is 16.5. The third-order valence-corrected chi connectivity index (χ3v) is 3.93. The number of likely N-dealkylation sites (N-methyl/N-ethyl adjacent to an activating group) is 1. The summed E-state index contributed by atoms with van der Waals surface area (Å²) in [7, 11) is 5.25. The summed E-state index contributed by atoms with van der Waals surface area (Å²) in [6.45, 7) is 1.42. The maximum atomic E-state index is 12.8. The number of hydrogen-bond donors (Lipinski definition) is 0. The van der Waals surface area contributed by atoms with Gasteiger partial charge in [-0.05, 0) is 26.2 Å². The number of fused-ring (bicyclic) bond motifs is 1. The van der Waals surface area contributed by atoms with E-state index < -0.39 is 5.97 Å². The Morgan fingerprint density at radius 3 is 2.56 bits per heavy atom. The molecular formula is C18H20N4O3. The molecule has 25 heavy (non-hydrogen) atoms. The zero-order chi connectivity index (χ0) is 18.0. The molecule has 0 spiro atoms. The molecule has 0 bridgehead atoms. The summed E-state index contributed by atoms with van der Waals surface area (Å²) in [6, 6.07) is 9.13. The largest absolute Gasteiger partial charge is 0.465 e. The number of methoxy groups -OCH3 is 1. The highest BCUT2D eigenvalue weighted by Crippen LogP contribution is 2.22. The van der Waals surface area contributed by atoms with E-state index in [0.29, 0.717) is 23.5 Å². The smallest absolute Gasteiger partial charge is 0.341 e. The maximum Gasteiger partial charge on any atom is 0.341 e. The third kappa shape index (κ3) is 3.32. The molecule has 0 fully saturated rings. The fourth-order valence-corrected chi connectivity index (χ4v) is 2.61. The molecule has 1 aromatic carbocycles. The average Bonchev–Trinajstić information content (AvgIpc) is 2.96. The molecule has 2 aliphatic rings. The lowest BCUT2D eigenvalue weighted by Crippen LogP contribution is -2.20. The van der Waals surface area contributed by atoms with Gasteiger partial charge in [-0.25, -0.2) is 4.79 Å². The van der Waals surface area contributed by atoms with Gasteiger partial charge in [-0.2, -0.15) is 9.78 Å². The van der Waals surface area contributed by atoms with Gasteiger partial charge in [0, 0.05) is 25.5 Å². The molecule has 0 amide bonds. The van der Waals surface area contributed by atoms with Crippen LogP contribution >= 0.6 is 0 Å². The van der Waals surface area contributed by atoms with Gasteiger partial charge in [0.2, 0.25) is 0 Å². The van der Waals surface area contributed by atoms with E-state index in [4.69, 9.17) is 4.74 Å². The summed E-state index contributed by atoms with van der Waals surface area (Å²) < 4.78 is 8.01. The first kappa shape index (κ1) is 16.9. The minimum atomic E-state index is -0.512. The molecule has 0 saturated carbocycles. The van der Waals surface area contributed by atoms with Crippen molar-refractivity contribution in [3.8, 4) is 16.9 Å². The van der Waals surface area contributed by atoms with Gasteiger partial charge in [-0.1, -0.05) is 18.2 Å². The molecule has 130 valence electrons. The predicted octanol–water partition coefficient (Wildman–Crippen LogP) is 1.49. The minimum Gasteiger partial charge on any atom is -0.465 e. The molecule has 0 N–H and O–H groups in total. The zero-order valence-electron chi connectivity index (χ0n) is 14.5. The Hall–Kier alpha value is -2.93. The van der Waals surface area contributed by atoms with Crippen molar-refractivity contribution in [2.45, 2.75) is 6.54 Å². The summed E-state index contributed by atoms with van der Waals surface area (Å²) in [4.78, 5) is 27.0. The highest BCUT2D eigenvalue weighted by Gasteiger charge is 2.24. The lowest BCUT2D eigenvalue weighted by atomic mass is 10.1. The number of carbonyl (C=O) groups excluding carboxylic acids is 1. The second kappa shape index (κ2) is 6.90. The number of nitrogens with zero attached hydrogens (tertiary/aromatic N) is 4. The molecule has 0 radical (unpaired) electrons. The quantitative estimate of drug-likeness (QED) is 0.658. The van der Waals surface area contributed by atoms with E-state index in [-0.39, 0.29) is 11.1 Å². The molecule has 0 aromatic heterocycles. The Morgan fingerprint density at radius 2 is 1.92 bits per heavy atom. The highest BCUT2D eigenvalue weighted by molar-refractivity contribution is 5.96. The van der Waals surface area contributed by atoms with Crippen LogP contribution in [0.2, 0.25) is 0 Å². The summed E-state index contributed by atoms with van der Waals surface area (Å²) in [5.74, 6) is -0.512. The SMILES string of the molecule is COC(=O)c1cn(CCN(C)C)cc2c(=O)n(-c3ccccc3)nc1-2.